The zero-order valence-electron chi connectivity index (χ0n) is 11.9. The van der Waals surface area contributed by atoms with Gasteiger partial charge in [-0.15, -0.1) is 24.0 Å². The number of hydrogen-bond acceptors (Lipinski definition) is 2. The number of nitrogens with one attached hydrogen (secondary N) is 1. The summed E-state index contributed by atoms with van der Waals surface area (Å²) in [7, 11) is 0. The van der Waals surface area contributed by atoms with Crippen LogP contribution >= 0.6 is 24.0 Å². The third-order valence-electron chi connectivity index (χ3n) is 3.20. The van der Waals surface area contributed by atoms with Crippen LogP contribution in [0.5, 0.6) is 0 Å². The van der Waals surface area contributed by atoms with E-state index in [1.807, 2.05) is 11.8 Å². The summed E-state index contributed by atoms with van der Waals surface area (Å²) in [5, 5.41) is 12.6. The van der Waals surface area contributed by atoms with Gasteiger partial charge in [-0.3, -0.25) is 0 Å². The molecule has 0 radical (unpaired) electrons. The number of β-amino-alcohol motifs (C(OH)–C–C–N with tert-alkyl or cyclic N) is 1. The molecule has 1 aromatic carbocycles. The molecule has 0 aromatic heterocycles. The van der Waals surface area contributed by atoms with Crippen LogP contribution in [-0.2, 0) is 6.54 Å². The summed E-state index contributed by atoms with van der Waals surface area (Å²) in [6, 6.07) is 3.35. The molecule has 1 heterocycles. The standard InChI is InChI=1S/C14H19F2N3O.HI/c1-2-17-14(19-6-5-12(20)9-19)18-8-10-7-11(15)3-4-13(10)16;/h3-4,7,12,20H,2,5-6,8-9H2,1H3,(H,17,18);1H/t12-;/m1./s1. The van der Waals surface area contributed by atoms with E-state index in [1.165, 1.54) is 0 Å². The predicted molar refractivity (Wildman–Crippen MR) is 88.8 cm³/mol. The Hall–Kier alpha value is -0.960. The Labute approximate surface area is 140 Å². The van der Waals surface area contributed by atoms with Crippen LogP contribution in [0.3, 0.4) is 0 Å². The van der Waals surface area contributed by atoms with Crippen molar-refractivity contribution in [2.75, 3.05) is 19.6 Å². The molecule has 2 rings (SSSR count). The lowest BCUT2D eigenvalue weighted by atomic mass is 10.2. The number of halogens is 3. The van der Waals surface area contributed by atoms with Gasteiger partial charge in [0.1, 0.15) is 11.6 Å². The van der Waals surface area contributed by atoms with Crippen LogP contribution in [0.15, 0.2) is 23.2 Å². The Morgan fingerprint density at radius 3 is 2.86 bits per heavy atom. The number of aliphatic imine (C=N–C) groups is 1. The summed E-state index contributed by atoms with van der Waals surface area (Å²) in [5.41, 5.74) is 0.222. The van der Waals surface area contributed by atoms with Crippen LogP contribution < -0.4 is 5.32 Å². The van der Waals surface area contributed by atoms with E-state index in [9.17, 15) is 13.9 Å². The van der Waals surface area contributed by atoms with E-state index in [-0.39, 0.29) is 42.2 Å². The number of aliphatic hydroxyl groups is 1. The Bertz CT molecular complexity index is 499. The van der Waals surface area contributed by atoms with Crippen molar-refractivity contribution >= 4 is 29.9 Å². The number of benzene rings is 1. The Morgan fingerprint density at radius 2 is 2.24 bits per heavy atom. The molecule has 0 bridgehead atoms. The summed E-state index contributed by atoms with van der Waals surface area (Å²) in [6.45, 7) is 3.90. The SMILES string of the molecule is CCNC(=NCc1cc(F)ccc1F)N1CC[C@@H](O)C1.I. The number of aliphatic hydroxyl groups excluding tert-OH is 1. The van der Waals surface area contributed by atoms with Gasteiger partial charge >= 0.3 is 0 Å². The van der Waals surface area contributed by atoms with E-state index < -0.39 is 11.6 Å². The average molecular weight is 411 g/mol. The van der Waals surface area contributed by atoms with Crippen molar-refractivity contribution in [3.63, 3.8) is 0 Å². The monoisotopic (exact) mass is 411 g/mol. The van der Waals surface area contributed by atoms with Crippen LogP contribution in [0.1, 0.15) is 18.9 Å². The molecule has 2 N–H and O–H groups in total. The van der Waals surface area contributed by atoms with Gasteiger partial charge < -0.3 is 15.3 Å². The summed E-state index contributed by atoms with van der Waals surface area (Å²) in [6.07, 6.45) is 0.336. The molecule has 1 aromatic rings. The quantitative estimate of drug-likeness (QED) is 0.455. The third-order valence-corrected chi connectivity index (χ3v) is 3.20. The molecule has 118 valence electrons. The fourth-order valence-corrected chi connectivity index (χ4v) is 2.18. The van der Waals surface area contributed by atoms with Crippen LogP contribution in [0.4, 0.5) is 8.78 Å². The van der Waals surface area contributed by atoms with Crippen molar-refractivity contribution in [1.82, 2.24) is 10.2 Å². The van der Waals surface area contributed by atoms with E-state index >= 15 is 0 Å². The highest BCUT2D eigenvalue weighted by molar-refractivity contribution is 14.0. The second-order valence-electron chi connectivity index (χ2n) is 4.79. The van der Waals surface area contributed by atoms with E-state index in [0.29, 0.717) is 32.0 Å². The zero-order valence-corrected chi connectivity index (χ0v) is 14.2. The average Bonchev–Trinajstić information content (AvgIpc) is 2.84. The van der Waals surface area contributed by atoms with Gasteiger partial charge in [0.05, 0.1) is 12.6 Å². The highest BCUT2D eigenvalue weighted by atomic mass is 127. The number of rotatable bonds is 3. The first-order valence-corrected chi connectivity index (χ1v) is 6.75. The predicted octanol–water partition coefficient (Wildman–Crippen LogP) is 2.11. The summed E-state index contributed by atoms with van der Waals surface area (Å²) >= 11 is 0. The van der Waals surface area contributed by atoms with Crippen molar-refractivity contribution in [1.29, 1.82) is 0 Å². The minimum absolute atomic E-state index is 0. The molecule has 1 aliphatic heterocycles. The Kier molecular flexibility index (Phi) is 7.30. The summed E-state index contributed by atoms with van der Waals surface area (Å²) in [4.78, 5) is 6.24. The molecule has 1 atom stereocenters. The fourth-order valence-electron chi connectivity index (χ4n) is 2.18. The number of likely N-dealkylation sites (tertiary alicyclic amines) is 1. The van der Waals surface area contributed by atoms with Gasteiger partial charge in [-0.2, -0.15) is 0 Å². The third kappa shape index (κ3) is 5.06. The molecule has 0 amide bonds. The molecule has 1 fully saturated rings. The minimum atomic E-state index is -0.474. The first-order valence-electron chi connectivity index (χ1n) is 6.75. The number of nitrogens with zero attached hydrogens (tertiary/aromatic N) is 2. The zero-order chi connectivity index (χ0) is 14.5. The summed E-state index contributed by atoms with van der Waals surface area (Å²) in [5.74, 6) is -0.321. The maximum atomic E-state index is 13.5. The van der Waals surface area contributed by atoms with Gasteiger partial charge in [0.15, 0.2) is 5.96 Å². The second kappa shape index (κ2) is 8.47. The van der Waals surface area contributed by atoms with Crippen molar-refractivity contribution in [3.05, 3.63) is 35.4 Å². The van der Waals surface area contributed by atoms with Crippen LogP contribution in [0.2, 0.25) is 0 Å². The largest absolute Gasteiger partial charge is 0.391 e. The van der Waals surface area contributed by atoms with Crippen LogP contribution in [-0.4, -0.2) is 41.7 Å². The molecular formula is C14H20F2IN3O. The molecule has 7 heteroatoms. The molecule has 1 saturated heterocycles. The van der Waals surface area contributed by atoms with Gasteiger partial charge in [-0.05, 0) is 31.5 Å². The lowest BCUT2D eigenvalue weighted by Crippen LogP contribution is -2.40. The second-order valence-corrected chi connectivity index (χ2v) is 4.79. The molecule has 1 aliphatic rings. The van der Waals surface area contributed by atoms with Crippen molar-refractivity contribution in [2.45, 2.75) is 26.0 Å². The minimum Gasteiger partial charge on any atom is -0.391 e. The molecule has 21 heavy (non-hydrogen) atoms. The Morgan fingerprint density at radius 1 is 1.48 bits per heavy atom. The molecule has 0 saturated carbocycles. The molecular weight excluding hydrogens is 391 g/mol. The van der Waals surface area contributed by atoms with Crippen molar-refractivity contribution in [2.24, 2.45) is 4.99 Å². The maximum absolute atomic E-state index is 13.5. The van der Waals surface area contributed by atoms with E-state index in [0.717, 1.165) is 18.2 Å². The topological polar surface area (TPSA) is 47.9 Å². The molecule has 0 spiro atoms. The lowest BCUT2D eigenvalue weighted by molar-refractivity contribution is 0.188. The molecule has 4 nitrogen and oxygen atoms in total. The Balaban J connectivity index is 0.00000220. The van der Waals surface area contributed by atoms with Gasteiger partial charge in [0.25, 0.3) is 0 Å². The van der Waals surface area contributed by atoms with E-state index in [4.69, 9.17) is 0 Å². The maximum Gasteiger partial charge on any atom is 0.194 e. The number of guanidine groups is 1. The first-order chi connectivity index (χ1) is 9.60. The van der Waals surface area contributed by atoms with Gasteiger partial charge in [0.2, 0.25) is 0 Å². The highest BCUT2D eigenvalue weighted by Crippen LogP contribution is 2.13. The fraction of sp³-hybridized carbons (Fsp3) is 0.500. The van der Waals surface area contributed by atoms with E-state index in [1.54, 1.807) is 0 Å². The van der Waals surface area contributed by atoms with Crippen LogP contribution in [0.25, 0.3) is 0 Å². The smallest absolute Gasteiger partial charge is 0.194 e. The van der Waals surface area contributed by atoms with Gasteiger partial charge in [-0.25, -0.2) is 13.8 Å². The molecule has 0 aliphatic carbocycles. The lowest BCUT2D eigenvalue weighted by Gasteiger charge is -2.21. The van der Waals surface area contributed by atoms with Gasteiger partial charge in [0, 0.05) is 25.2 Å². The summed E-state index contributed by atoms with van der Waals surface area (Å²) < 4.78 is 26.6. The van der Waals surface area contributed by atoms with Crippen LogP contribution in [0, 0.1) is 11.6 Å². The highest BCUT2D eigenvalue weighted by Gasteiger charge is 2.22. The van der Waals surface area contributed by atoms with Gasteiger partial charge in [-0.1, -0.05) is 0 Å². The molecule has 0 unspecified atom stereocenters. The van der Waals surface area contributed by atoms with Crippen molar-refractivity contribution < 1.29 is 13.9 Å². The first kappa shape index (κ1) is 18.1. The number of hydrogen-bond donors (Lipinski definition) is 2. The van der Waals surface area contributed by atoms with E-state index in [2.05, 4.69) is 10.3 Å². The van der Waals surface area contributed by atoms with Crippen molar-refractivity contribution in [3.8, 4) is 0 Å². The normalized spacial score (nSPS) is 18.6.